The Hall–Kier alpha value is -1.22. The first-order valence-corrected chi connectivity index (χ1v) is 5.11. The van der Waals surface area contributed by atoms with Gasteiger partial charge in [-0.05, 0) is 18.6 Å². The molecule has 0 aliphatic carbocycles. The fourth-order valence-electron chi connectivity index (χ4n) is 1.70. The Morgan fingerprint density at radius 2 is 2.29 bits per heavy atom. The molecule has 2 rings (SSSR count). The van der Waals surface area contributed by atoms with E-state index in [1.807, 2.05) is 19.1 Å². The van der Waals surface area contributed by atoms with E-state index in [2.05, 4.69) is 16.7 Å². The Labute approximate surface area is 84.5 Å². The second-order valence-electron chi connectivity index (χ2n) is 3.33. The number of benzene rings is 1. The standard InChI is InChI=1S/C11H16N2O/c1-2-14-10-5-3-4-9-8-12-6-7-13-11(9)10/h3-5,12-13H,2,6-8H2,1H3. The lowest BCUT2D eigenvalue weighted by Gasteiger charge is -2.13. The molecule has 1 heterocycles. The third-order valence-corrected chi connectivity index (χ3v) is 2.33. The van der Waals surface area contributed by atoms with E-state index in [0.717, 1.165) is 31.1 Å². The van der Waals surface area contributed by atoms with Gasteiger partial charge in [0.1, 0.15) is 5.75 Å². The van der Waals surface area contributed by atoms with E-state index >= 15 is 0 Å². The van der Waals surface area contributed by atoms with Crippen LogP contribution in [0, 0.1) is 0 Å². The molecule has 3 nitrogen and oxygen atoms in total. The summed E-state index contributed by atoms with van der Waals surface area (Å²) in [4.78, 5) is 0. The summed E-state index contributed by atoms with van der Waals surface area (Å²) in [5.74, 6) is 0.966. The molecule has 0 spiro atoms. The van der Waals surface area contributed by atoms with Gasteiger partial charge in [-0.2, -0.15) is 0 Å². The van der Waals surface area contributed by atoms with Crippen molar-refractivity contribution in [2.24, 2.45) is 0 Å². The first-order valence-electron chi connectivity index (χ1n) is 5.11. The van der Waals surface area contributed by atoms with Gasteiger partial charge in [0.15, 0.2) is 0 Å². The molecule has 0 radical (unpaired) electrons. The number of fused-ring (bicyclic) bond motifs is 1. The smallest absolute Gasteiger partial charge is 0.142 e. The summed E-state index contributed by atoms with van der Waals surface area (Å²) in [6.45, 7) is 5.60. The van der Waals surface area contributed by atoms with Gasteiger partial charge in [0.05, 0.1) is 12.3 Å². The normalized spacial score (nSPS) is 15.2. The highest BCUT2D eigenvalue weighted by Gasteiger charge is 2.10. The number of ether oxygens (including phenoxy) is 1. The number of rotatable bonds is 2. The van der Waals surface area contributed by atoms with Crippen molar-refractivity contribution in [2.45, 2.75) is 13.5 Å². The average Bonchev–Trinajstić information content (AvgIpc) is 2.44. The summed E-state index contributed by atoms with van der Waals surface area (Å²) in [5, 5.41) is 6.75. The lowest BCUT2D eigenvalue weighted by molar-refractivity contribution is 0.341. The third kappa shape index (κ3) is 1.82. The predicted octanol–water partition coefficient (Wildman–Crippen LogP) is 1.60. The van der Waals surface area contributed by atoms with Gasteiger partial charge in [0.25, 0.3) is 0 Å². The summed E-state index contributed by atoms with van der Waals surface area (Å²) >= 11 is 0. The molecular weight excluding hydrogens is 176 g/mol. The summed E-state index contributed by atoms with van der Waals surface area (Å²) in [6.07, 6.45) is 0. The molecule has 1 aromatic rings. The minimum atomic E-state index is 0.714. The van der Waals surface area contributed by atoms with Crippen LogP contribution in [0.25, 0.3) is 0 Å². The van der Waals surface area contributed by atoms with Crippen LogP contribution in [0.4, 0.5) is 5.69 Å². The summed E-state index contributed by atoms with van der Waals surface area (Å²) in [7, 11) is 0. The molecule has 2 N–H and O–H groups in total. The van der Waals surface area contributed by atoms with Crippen molar-refractivity contribution in [3.8, 4) is 5.75 Å². The second-order valence-corrected chi connectivity index (χ2v) is 3.33. The fourth-order valence-corrected chi connectivity index (χ4v) is 1.70. The second kappa shape index (κ2) is 4.33. The maximum atomic E-state index is 5.57. The molecule has 0 amide bonds. The number of anilines is 1. The molecule has 0 saturated heterocycles. The molecular formula is C11H16N2O. The van der Waals surface area contributed by atoms with Gasteiger partial charge < -0.3 is 15.4 Å². The van der Waals surface area contributed by atoms with E-state index in [1.165, 1.54) is 5.56 Å². The molecule has 0 saturated carbocycles. The minimum Gasteiger partial charge on any atom is -0.492 e. The molecule has 76 valence electrons. The van der Waals surface area contributed by atoms with E-state index in [0.29, 0.717) is 6.61 Å². The van der Waals surface area contributed by atoms with Gasteiger partial charge in [-0.25, -0.2) is 0 Å². The third-order valence-electron chi connectivity index (χ3n) is 2.33. The topological polar surface area (TPSA) is 33.3 Å². The van der Waals surface area contributed by atoms with Gasteiger partial charge in [0.2, 0.25) is 0 Å². The van der Waals surface area contributed by atoms with Crippen molar-refractivity contribution in [3.05, 3.63) is 23.8 Å². The largest absolute Gasteiger partial charge is 0.492 e. The van der Waals surface area contributed by atoms with Crippen LogP contribution in [0.3, 0.4) is 0 Å². The van der Waals surface area contributed by atoms with E-state index in [-0.39, 0.29) is 0 Å². The zero-order chi connectivity index (χ0) is 9.80. The lowest BCUT2D eigenvalue weighted by Crippen LogP contribution is -2.16. The molecule has 0 bridgehead atoms. The summed E-state index contributed by atoms with van der Waals surface area (Å²) < 4.78 is 5.57. The zero-order valence-corrected chi connectivity index (χ0v) is 8.47. The monoisotopic (exact) mass is 192 g/mol. The highest BCUT2D eigenvalue weighted by Crippen LogP contribution is 2.29. The van der Waals surface area contributed by atoms with Crippen molar-refractivity contribution in [1.29, 1.82) is 0 Å². The van der Waals surface area contributed by atoms with Crippen LogP contribution in [0.2, 0.25) is 0 Å². The van der Waals surface area contributed by atoms with Crippen molar-refractivity contribution < 1.29 is 4.74 Å². The van der Waals surface area contributed by atoms with Crippen molar-refractivity contribution in [1.82, 2.24) is 5.32 Å². The van der Waals surface area contributed by atoms with Gasteiger partial charge in [-0.3, -0.25) is 0 Å². The number of para-hydroxylation sites is 1. The Morgan fingerprint density at radius 3 is 3.14 bits per heavy atom. The van der Waals surface area contributed by atoms with E-state index in [1.54, 1.807) is 0 Å². The Kier molecular flexibility index (Phi) is 2.89. The SMILES string of the molecule is CCOc1cccc2c1NCCNC2. The number of hydrogen-bond donors (Lipinski definition) is 2. The van der Waals surface area contributed by atoms with E-state index in [9.17, 15) is 0 Å². The van der Waals surface area contributed by atoms with Crippen molar-refractivity contribution >= 4 is 5.69 Å². The molecule has 0 atom stereocenters. The number of nitrogens with one attached hydrogen (secondary N) is 2. The molecule has 0 unspecified atom stereocenters. The number of hydrogen-bond acceptors (Lipinski definition) is 3. The Bertz CT molecular complexity index is 312. The predicted molar refractivity (Wildman–Crippen MR) is 57.8 cm³/mol. The maximum absolute atomic E-state index is 5.57. The van der Waals surface area contributed by atoms with Crippen LogP contribution in [0.5, 0.6) is 5.75 Å². The first-order chi connectivity index (χ1) is 6.92. The van der Waals surface area contributed by atoms with Gasteiger partial charge in [-0.1, -0.05) is 12.1 Å². The molecule has 0 aromatic heterocycles. The van der Waals surface area contributed by atoms with Crippen molar-refractivity contribution in [2.75, 3.05) is 25.0 Å². The Morgan fingerprint density at radius 1 is 1.36 bits per heavy atom. The lowest BCUT2D eigenvalue weighted by atomic mass is 10.1. The molecule has 1 aromatic carbocycles. The summed E-state index contributed by atoms with van der Waals surface area (Å²) in [5.41, 5.74) is 2.44. The quantitative estimate of drug-likeness (QED) is 0.746. The van der Waals surface area contributed by atoms with Gasteiger partial charge in [0, 0.05) is 19.6 Å². The maximum Gasteiger partial charge on any atom is 0.142 e. The average molecular weight is 192 g/mol. The summed E-state index contributed by atoms with van der Waals surface area (Å²) in [6, 6.07) is 6.18. The molecule has 3 heteroatoms. The van der Waals surface area contributed by atoms with Crippen LogP contribution in [-0.4, -0.2) is 19.7 Å². The highest BCUT2D eigenvalue weighted by molar-refractivity contribution is 5.62. The molecule has 1 aliphatic heterocycles. The van der Waals surface area contributed by atoms with Crippen LogP contribution >= 0.6 is 0 Å². The molecule has 14 heavy (non-hydrogen) atoms. The molecule has 0 fully saturated rings. The van der Waals surface area contributed by atoms with Crippen LogP contribution in [-0.2, 0) is 6.54 Å². The first kappa shape index (κ1) is 9.34. The minimum absolute atomic E-state index is 0.714. The van der Waals surface area contributed by atoms with Gasteiger partial charge in [-0.15, -0.1) is 0 Å². The Balaban J connectivity index is 2.32. The van der Waals surface area contributed by atoms with Crippen LogP contribution in [0.15, 0.2) is 18.2 Å². The highest BCUT2D eigenvalue weighted by atomic mass is 16.5. The van der Waals surface area contributed by atoms with Gasteiger partial charge >= 0.3 is 0 Å². The van der Waals surface area contributed by atoms with E-state index < -0.39 is 0 Å². The van der Waals surface area contributed by atoms with Crippen LogP contribution < -0.4 is 15.4 Å². The van der Waals surface area contributed by atoms with E-state index in [4.69, 9.17) is 4.74 Å². The molecule has 1 aliphatic rings. The van der Waals surface area contributed by atoms with Crippen molar-refractivity contribution in [3.63, 3.8) is 0 Å². The fraction of sp³-hybridized carbons (Fsp3) is 0.455. The zero-order valence-electron chi connectivity index (χ0n) is 8.47. The van der Waals surface area contributed by atoms with Crippen LogP contribution in [0.1, 0.15) is 12.5 Å².